The lowest BCUT2D eigenvalue weighted by molar-refractivity contribution is -0.137. The molecule has 1 aliphatic rings. The van der Waals surface area contributed by atoms with E-state index in [1.165, 1.54) is 15.9 Å². The van der Waals surface area contributed by atoms with Gasteiger partial charge in [0.1, 0.15) is 11.6 Å². The highest BCUT2D eigenvalue weighted by Gasteiger charge is 2.39. The first kappa shape index (κ1) is 19.0. The summed E-state index contributed by atoms with van der Waals surface area (Å²) < 4.78 is 10.2. The number of likely N-dealkylation sites (N-methyl/N-ethyl adjacent to an activating group) is 1. The van der Waals surface area contributed by atoms with Crippen molar-refractivity contribution in [1.82, 2.24) is 9.80 Å². The zero-order valence-electron chi connectivity index (χ0n) is 14.7. The summed E-state index contributed by atoms with van der Waals surface area (Å²) >= 11 is 0. The van der Waals surface area contributed by atoms with E-state index in [1.807, 2.05) is 0 Å². The van der Waals surface area contributed by atoms with Crippen LogP contribution in [0.3, 0.4) is 0 Å². The third-order valence-electron chi connectivity index (χ3n) is 3.17. The average molecular weight is 326 g/mol. The molecular formula is C16H26N2O5. The molecule has 7 nitrogen and oxygen atoms in total. The topological polar surface area (TPSA) is 76.2 Å². The molecule has 0 saturated carbocycles. The Morgan fingerprint density at radius 2 is 1.91 bits per heavy atom. The zero-order chi connectivity index (χ0) is 17.8. The maximum Gasteiger partial charge on any atom is 0.411 e. The summed E-state index contributed by atoms with van der Waals surface area (Å²) in [6.45, 7) is 7.46. The summed E-state index contributed by atoms with van der Waals surface area (Å²) in [6.07, 6.45) is 1.09. The minimum Gasteiger partial charge on any atom is -0.463 e. The molecule has 0 radical (unpaired) electrons. The highest BCUT2D eigenvalue weighted by atomic mass is 16.6. The first-order valence-corrected chi connectivity index (χ1v) is 7.62. The van der Waals surface area contributed by atoms with Gasteiger partial charge in [0.15, 0.2) is 0 Å². The number of amides is 2. The molecule has 1 rings (SSSR count). The first-order valence-electron chi connectivity index (χ1n) is 7.62. The van der Waals surface area contributed by atoms with Crippen LogP contribution in [0.25, 0.3) is 0 Å². The molecule has 2 amide bonds. The fourth-order valence-corrected chi connectivity index (χ4v) is 2.24. The van der Waals surface area contributed by atoms with Crippen LogP contribution in [0, 0.1) is 0 Å². The number of hydrogen-bond acceptors (Lipinski definition) is 5. The van der Waals surface area contributed by atoms with E-state index in [-0.39, 0.29) is 19.1 Å². The van der Waals surface area contributed by atoms with Gasteiger partial charge in [-0.3, -0.25) is 9.69 Å². The lowest BCUT2D eigenvalue weighted by Gasteiger charge is -2.28. The second-order valence-electron chi connectivity index (χ2n) is 6.62. The van der Waals surface area contributed by atoms with Gasteiger partial charge in [-0.05, 0) is 33.3 Å². The Kier molecular flexibility index (Phi) is 6.18. The van der Waals surface area contributed by atoms with Gasteiger partial charge in [0.05, 0.1) is 6.61 Å². The fraction of sp³-hybridized carbons (Fsp3) is 0.688. The number of ether oxygens (including phenoxy) is 2. The molecule has 1 fully saturated rings. The Balaban J connectivity index is 2.97. The van der Waals surface area contributed by atoms with Gasteiger partial charge in [0, 0.05) is 33.1 Å². The van der Waals surface area contributed by atoms with Crippen molar-refractivity contribution in [3.05, 3.63) is 11.6 Å². The SMILES string of the molecule is CCOC(=O)C=C1C[C@H](C(=O)N(C)C)N(C(=O)OC(C)(C)C)C1. The van der Waals surface area contributed by atoms with Crippen LogP contribution >= 0.6 is 0 Å². The summed E-state index contributed by atoms with van der Waals surface area (Å²) in [5.41, 5.74) is 0.0191. The Labute approximate surface area is 137 Å². The van der Waals surface area contributed by atoms with Gasteiger partial charge in [-0.15, -0.1) is 0 Å². The average Bonchev–Trinajstić information content (AvgIpc) is 2.79. The van der Waals surface area contributed by atoms with Crippen LogP contribution in [-0.4, -0.2) is 66.7 Å². The quantitative estimate of drug-likeness (QED) is 0.581. The van der Waals surface area contributed by atoms with Crippen molar-refractivity contribution in [2.45, 2.75) is 45.8 Å². The van der Waals surface area contributed by atoms with E-state index in [1.54, 1.807) is 41.8 Å². The van der Waals surface area contributed by atoms with E-state index < -0.39 is 23.7 Å². The van der Waals surface area contributed by atoms with Gasteiger partial charge in [0.2, 0.25) is 5.91 Å². The number of nitrogens with zero attached hydrogens (tertiary/aromatic N) is 2. The van der Waals surface area contributed by atoms with Crippen LogP contribution in [0.15, 0.2) is 11.6 Å². The molecule has 0 bridgehead atoms. The van der Waals surface area contributed by atoms with E-state index in [2.05, 4.69) is 0 Å². The number of carbonyl (C=O) groups is 3. The molecule has 0 aromatic rings. The van der Waals surface area contributed by atoms with Crippen LogP contribution in [0.1, 0.15) is 34.1 Å². The molecule has 1 atom stereocenters. The highest BCUT2D eigenvalue weighted by molar-refractivity contribution is 5.88. The normalized spacial score (nSPS) is 19.7. The molecule has 1 aliphatic heterocycles. The molecule has 1 heterocycles. The summed E-state index contributed by atoms with van der Waals surface area (Å²) in [5.74, 6) is -0.673. The van der Waals surface area contributed by atoms with E-state index in [0.717, 1.165) is 0 Å². The van der Waals surface area contributed by atoms with Crippen molar-refractivity contribution in [2.24, 2.45) is 0 Å². The Morgan fingerprint density at radius 3 is 2.39 bits per heavy atom. The minimum absolute atomic E-state index is 0.179. The van der Waals surface area contributed by atoms with E-state index in [4.69, 9.17) is 9.47 Å². The molecule has 0 spiro atoms. The van der Waals surface area contributed by atoms with Crippen molar-refractivity contribution >= 4 is 18.0 Å². The molecule has 1 saturated heterocycles. The Morgan fingerprint density at radius 1 is 1.30 bits per heavy atom. The molecule has 0 aromatic carbocycles. The van der Waals surface area contributed by atoms with Gasteiger partial charge < -0.3 is 14.4 Å². The number of hydrogen-bond donors (Lipinski definition) is 0. The summed E-state index contributed by atoms with van der Waals surface area (Å²) in [4.78, 5) is 39.0. The maximum absolute atomic E-state index is 12.3. The molecule has 0 N–H and O–H groups in total. The second-order valence-corrected chi connectivity index (χ2v) is 6.62. The second kappa shape index (κ2) is 7.48. The summed E-state index contributed by atoms with van der Waals surface area (Å²) in [7, 11) is 3.26. The summed E-state index contributed by atoms with van der Waals surface area (Å²) in [6, 6.07) is -0.666. The number of likely N-dealkylation sites (tertiary alicyclic amines) is 1. The van der Waals surface area contributed by atoms with Crippen LogP contribution in [0.5, 0.6) is 0 Å². The van der Waals surface area contributed by atoms with Crippen LogP contribution < -0.4 is 0 Å². The lowest BCUT2D eigenvalue weighted by Crippen LogP contribution is -2.47. The van der Waals surface area contributed by atoms with Crippen molar-refractivity contribution in [1.29, 1.82) is 0 Å². The molecule has 7 heteroatoms. The molecule has 23 heavy (non-hydrogen) atoms. The predicted molar refractivity (Wildman–Crippen MR) is 84.8 cm³/mol. The number of esters is 1. The zero-order valence-corrected chi connectivity index (χ0v) is 14.7. The molecule has 0 aromatic heterocycles. The van der Waals surface area contributed by atoms with E-state index in [9.17, 15) is 14.4 Å². The number of rotatable bonds is 3. The Hall–Kier alpha value is -2.05. The molecule has 0 unspecified atom stereocenters. The van der Waals surface area contributed by atoms with E-state index >= 15 is 0 Å². The molecular weight excluding hydrogens is 300 g/mol. The minimum atomic E-state index is -0.666. The summed E-state index contributed by atoms with van der Waals surface area (Å²) in [5, 5.41) is 0. The standard InChI is InChI=1S/C16H26N2O5/c1-7-22-13(19)9-11-8-12(14(20)17(5)6)18(10-11)15(21)23-16(2,3)4/h9,12H,7-8,10H2,1-6H3/t12-/m1/s1. The number of carbonyl (C=O) groups excluding carboxylic acids is 3. The van der Waals surface area contributed by atoms with Gasteiger partial charge in [-0.1, -0.05) is 0 Å². The van der Waals surface area contributed by atoms with E-state index in [0.29, 0.717) is 12.0 Å². The van der Waals surface area contributed by atoms with Crippen molar-refractivity contribution in [3.8, 4) is 0 Å². The van der Waals surface area contributed by atoms with Crippen molar-refractivity contribution in [3.63, 3.8) is 0 Å². The van der Waals surface area contributed by atoms with Crippen LogP contribution in [-0.2, 0) is 19.1 Å². The van der Waals surface area contributed by atoms with Gasteiger partial charge >= 0.3 is 12.1 Å². The smallest absolute Gasteiger partial charge is 0.411 e. The third kappa shape index (κ3) is 5.58. The molecule has 130 valence electrons. The highest BCUT2D eigenvalue weighted by Crippen LogP contribution is 2.26. The van der Waals surface area contributed by atoms with Crippen molar-refractivity contribution in [2.75, 3.05) is 27.2 Å². The monoisotopic (exact) mass is 326 g/mol. The van der Waals surface area contributed by atoms with Crippen LogP contribution in [0.4, 0.5) is 4.79 Å². The third-order valence-corrected chi connectivity index (χ3v) is 3.17. The fourth-order valence-electron chi connectivity index (χ4n) is 2.24. The van der Waals surface area contributed by atoms with Gasteiger partial charge in [-0.25, -0.2) is 9.59 Å². The van der Waals surface area contributed by atoms with Crippen molar-refractivity contribution < 1.29 is 23.9 Å². The van der Waals surface area contributed by atoms with Gasteiger partial charge in [0.25, 0.3) is 0 Å². The predicted octanol–water partition coefficient (Wildman–Crippen LogP) is 1.57. The Bertz CT molecular complexity index is 505. The lowest BCUT2D eigenvalue weighted by atomic mass is 10.1. The maximum atomic E-state index is 12.3. The van der Waals surface area contributed by atoms with Crippen LogP contribution in [0.2, 0.25) is 0 Å². The first-order chi connectivity index (χ1) is 10.5. The largest absolute Gasteiger partial charge is 0.463 e. The van der Waals surface area contributed by atoms with Gasteiger partial charge in [-0.2, -0.15) is 0 Å². The molecule has 0 aliphatic carbocycles.